The maximum absolute atomic E-state index is 14.9. The van der Waals surface area contributed by atoms with Crippen LogP contribution in [0, 0.1) is 12.7 Å². The summed E-state index contributed by atoms with van der Waals surface area (Å²) in [5, 5.41) is 2.60. The summed E-state index contributed by atoms with van der Waals surface area (Å²) in [6, 6.07) is 14.9. The highest BCUT2D eigenvalue weighted by Gasteiger charge is 2.40. The molecular formula is C28H31FN4O4S. The Morgan fingerprint density at radius 3 is 2.50 bits per heavy atom. The summed E-state index contributed by atoms with van der Waals surface area (Å²) in [7, 11) is -3.46. The molecular weight excluding hydrogens is 507 g/mol. The minimum atomic E-state index is -3.46. The van der Waals surface area contributed by atoms with Crippen LogP contribution in [0.4, 0.5) is 15.9 Å². The number of sulfone groups is 1. The van der Waals surface area contributed by atoms with Crippen molar-refractivity contribution in [2.45, 2.75) is 67.5 Å². The third kappa shape index (κ3) is 5.12. The molecule has 6 rings (SSSR count). The number of piperidine rings is 1. The molecule has 200 valence electrons. The summed E-state index contributed by atoms with van der Waals surface area (Å²) in [5.41, 5.74) is 2.10. The molecule has 1 N–H and O–H groups in total. The molecule has 1 aliphatic carbocycles. The van der Waals surface area contributed by atoms with Crippen LogP contribution in [0.5, 0.6) is 5.88 Å². The molecule has 8 nitrogen and oxygen atoms in total. The molecule has 2 saturated heterocycles. The van der Waals surface area contributed by atoms with Crippen LogP contribution in [0.25, 0.3) is 0 Å². The molecule has 2 unspecified atom stereocenters. The van der Waals surface area contributed by atoms with Crippen molar-refractivity contribution in [1.82, 2.24) is 14.9 Å². The van der Waals surface area contributed by atoms with Crippen LogP contribution in [0.1, 0.15) is 36.8 Å². The van der Waals surface area contributed by atoms with Crippen LogP contribution in [-0.4, -0.2) is 59.9 Å². The number of benzene rings is 2. The van der Waals surface area contributed by atoms with E-state index in [-0.39, 0.29) is 34.0 Å². The van der Waals surface area contributed by atoms with Crippen LogP contribution in [0.2, 0.25) is 0 Å². The zero-order valence-corrected chi connectivity index (χ0v) is 22.0. The van der Waals surface area contributed by atoms with E-state index in [9.17, 15) is 12.8 Å². The minimum Gasteiger partial charge on any atom is -0.474 e. The highest BCUT2D eigenvalue weighted by molar-refractivity contribution is 7.92. The third-order valence-electron chi connectivity index (χ3n) is 7.64. The van der Waals surface area contributed by atoms with Crippen LogP contribution in [-0.2, 0) is 21.1 Å². The van der Waals surface area contributed by atoms with Gasteiger partial charge in [-0.25, -0.2) is 22.8 Å². The summed E-state index contributed by atoms with van der Waals surface area (Å²) in [4.78, 5) is 11.2. The predicted molar refractivity (Wildman–Crippen MR) is 141 cm³/mol. The Morgan fingerprint density at radius 2 is 1.82 bits per heavy atom. The Hall–Kier alpha value is -3.08. The lowest BCUT2D eigenvalue weighted by atomic mass is 9.91. The molecule has 1 saturated carbocycles. The largest absolute Gasteiger partial charge is 0.474 e. The number of morpholine rings is 1. The van der Waals surface area contributed by atoms with Crippen molar-refractivity contribution in [3.05, 3.63) is 71.8 Å². The van der Waals surface area contributed by atoms with E-state index in [1.807, 2.05) is 13.0 Å². The number of anilines is 2. The number of aromatic nitrogens is 2. The third-order valence-corrected chi connectivity index (χ3v) is 9.90. The summed E-state index contributed by atoms with van der Waals surface area (Å²) < 4.78 is 52.0. The van der Waals surface area contributed by atoms with Crippen LogP contribution >= 0.6 is 0 Å². The van der Waals surface area contributed by atoms with Crippen LogP contribution in [0.15, 0.2) is 59.8 Å². The first-order valence-electron chi connectivity index (χ1n) is 13.0. The molecule has 10 heteroatoms. The fourth-order valence-corrected chi connectivity index (χ4v) is 7.06. The lowest BCUT2D eigenvalue weighted by Gasteiger charge is -2.48. The first-order valence-corrected chi connectivity index (χ1v) is 14.6. The van der Waals surface area contributed by atoms with Gasteiger partial charge in [0, 0.05) is 31.5 Å². The van der Waals surface area contributed by atoms with E-state index in [1.54, 1.807) is 0 Å². The second kappa shape index (κ2) is 10.2. The number of nitrogens with zero attached hydrogens (tertiary/aromatic N) is 3. The number of hydrogen-bond acceptors (Lipinski definition) is 8. The second-order valence-corrected chi connectivity index (χ2v) is 12.6. The lowest BCUT2D eigenvalue weighted by molar-refractivity contribution is -0.104. The normalized spacial score (nSPS) is 23.7. The lowest BCUT2D eigenvalue weighted by Crippen LogP contribution is -2.58. The second-order valence-electron chi connectivity index (χ2n) is 10.4. The fraction of sp³-hybridized carbons (Fsp3) is 0.429. The van der Waals surface area contributed by atoms with Gasteiger partial charge in [0.2, 0.25) is 5.88 Å². The van der Waals surface area contributed by atoms with Crippen molar-refractivity contribution >= 4 is 21.3 Å². The average Bonchev–Trinajstić information content (AvgIpc) is 3.75. The van der Waals surface area contributed by atoms with E-state index in [0.717, 1.165) is 25.5 Å². The maximum Gasteiger partial charge on any atom is 0.221 e. The van der Waals surface area contributed by atoms with Crippen molar-refractivity contribution in [1.29, 1.82) is 0 Å². The highest BCUT2D eigenvalue weighted by atomic mass is 32.2. The van der Waals surface area contributed by atoms with Gasteiger partial charge in [-0.1, -0.05) is 30.3 Å². The Bertz CT molecular complexity index is 1400. The Morgan fingerprint density at radius 1 is 1.08 bits per heavy atom. The number of fused-ring (bicyclic) bond motifs is 2. The van der Waals surface area contributed by atoms with Gasteiger partial charge in [-0.05, 0) is 43.5 Å². The topological polar surface area (TPSA) is 93.7 Å². The van der Waals surface area contributed by atoms with Gasteiger partial charge in [0.25, 0.3) is 0 Å². The molecule has 0 spiro atoms. The smallest absolute Gasteiger partial charge is 0.221 e. The van der Waals surface area contributed by atoms with Gasteiger partial charge in [0.05, 0.1) is 34.6 Å². The maximum atomic E-state index is 14.9. The van der Waals surface area contributed by atoms with E-state index < -0.39 is 15.7 Å². The summed E-state index contributed by atoms with van der Waals surface area (Å²) >= 11 is 0. The average molecular weight is 539 g/mol. The number of nitrogens with one attached hydrogen (secondary N) is 1. The first-order chi connectivity index (χ1) is 18.4. The van der Waals surface area contributed by atoms with Crippen molar-refractivity contribution in [3.63, 3.8) is 0 Å². The Kier molecular flexibility index (Phi) is 6.79. The summed E-state index contributed by atoms with van der Waals surface area (Å²) in [5.74, 6) is 0.221. The number of halogens is 1. The molecule has 0 amide bonds. The fourth-order valence-electron chi connectivity index (χ4n) is 5.40. The van der Waals surface area contributed by atoms with Crippen molar-refractivity contribution < 1.29 is 22.3 Å². The molecule has 2 aliphatic heterocycles. The van der Waals surface area contributed by atoms with E-state index in [1.165, 1.54) is 24.0 Å². The SMILES string of the molecule is Cc1c(Nc2ccc(S(=O)(=O)C3CC3)cc2F)ncnc1OC1CC2COC[C@@H](C1)N2Cc1ccccc1. The monoisotopic (exact) mass is 538 g/mol. The minimum absolute atomic E-state index is 0.0135. The molecule has 3 atom stereocenters. The van der Waals surface area contributed by atoms with Gasteiger partial charge in [-0.3, -0.25) is 4.90 Å². The van der Waals surface area contributed by atoms with Gasteiger partial charge in [-0.2, -0.15) is 0 Å². The van der Waals surface area contributed by atoms with E-state index in [0.29, 0.717) is 43.3 Å². The van der Waals surface area contributed by atoms with Gasteiger partial charge >= 0.3 is 0 Å². The molecule has 2 aromatic carbocycles. The van der Waals surface area contributed by atoms with Gasteiger partial charge in [0.1, 0.15) is 24.1 Å². The van der Waals surface area contributed by atoms with E-state index in [2.05, 4.69) is 44.5 Å². The molecule has 3 heterocycles. The van der Waals surface area contributed by atoms with Crippen molar-refractivity contribution in [3.8, 4) is 5.88 Å². The van der Waals surface area contributed by atoms with Crippen molar-refractivity contribution in [2.75, 3.05) is 18.5 Å². The zero-order chi connectivity index (χ0) is 26.3. The molecule has 3 aromatic rings. The van der Waals surface area contributed by atoms with Gasteiger partial charge in [0.15, 0.2) is 9.84 Å². The van der Waals surface area contributed by atoms with Crippen molar-refractivity contribution in [2.24, 2.45) is 0 Å². The van der Waals surface area contributed by atoms with Gasteiger partial charge in [-0.15, -0.1) is 0 Å². The van der Waals surface area contributed by atoms with E-state index in [4.69, 9.17) is 9.47 Å². The Balaban J connectivity index is 1.15. The number of rotatable bonds is 8. The quantitative estimate of drug-likeness (QED) is 0.451. The molecule has 3 aliphatic rings. The molecule has 38 heavy (non-hydrogen) atoms. The Labute approximate surface area is 222 Å². The zero-order valence-electron chi connectivity index (χ0n) is 21.2. The summed E-state index contributed by atoms with van der Waals surface area (Å²) in [6.07, 6.45) is 4.28. The molecule has 1 aromatic heterocycles. The van der Waals surface area contributed by atoms with E-state index >= 15 is 0 Å². The number of hydrogen-bond donors (Lipinski definition) is 1. The molecule has 2 bridgehead atoms. The number of ether oxygens (including phenoxy) is 2. The summed E-state index contributed by atoms with van der Waals surface area (Å²) in [6.45, 7) is 4.06. The van der Waals surface area contributed by atoms with Gasteiger partial charge < -0.3 is 14.8 Å². The standard InChI is InChI=1S/C28H31FN4O4S/c1-18-27(32-26-10-9-24(13-25(26)29)38(34,35)23-7-8-23)30-17-31-28(18)37-22-11-20-15-36-16-21(12-22)33(20)14-19-5-3-2-4-6-19/h2-6,9-10,13,17,20-23H,7-8,11-12,14-16H2,1H3,(H,30,31,32)/t20-,21?,22?/m1/s1. The molecule has 3 fully saturated rings. The van der Waals surface area contributed by atoms with Crippen LogP contribution < -0.4 is 10.1 Å². The van der Waals surface area contributed by atoms with Crippen LogP contribution in [0.3, 0.4) is 0 Å². The predicted octanol–water partition coefficient (Wildman–Crippen LogP) is 4.41. The first kappa shape index (κ1) is 25.2. The highest BCUT2D eigenvalue weighted by Crippen LogP contribution is 2.36. The molecule has 0 radical (unpaired) electrons.